The van der Waals surface area contributed by atoms with Crippen molar-refractivity contribution in [3.63, 3.8) is 0 Å². The Balaban J connectivity index is 1.16. The van der Waals surface area contributed by atoms with Crippen LogP contribution in [0.25, 0.3) is 33.6 Å². The van der Waals surface area contributed by atoms with Crippen LogP contribution in [0.3, 0.4) is 0 Å². The number of imidazole rings is 2. The number of carbonyl (C=O) groups excluding carboxylic acids is 2. The lowest BCUT2D eigenvalue weighted by atomic mass is 9.96. The number of H-pyrrole nitrogens is 2. The van der Waals surface area contributed by atoms with Crippen molar-refractivity contribution in [3.8, 4) is 33.6 Å². The molecule has 2 saturated heterocycles. The standard InChI is InChI=1S/C37H46N6O5/c1-36(2,3)47-34(45)42-17-7-9-30(42)32-38-20-28(40-32)24-13-11-23(12-14-24)27-16-15-25(19-26(27)22-44)29-21-39-33(41-29)31-10-8-18-43(31)35(46)48-37(4,5)6/h11-16,19-21,30-31,44H,7-10,17-18,22H2,1-6H3,(H,38,40)(H,39,41)/t30-,31-/m0/s1. The third-order valence-electron chi connectivity index (χ3n) is 8.68. The predicted molar refractivity (Wildman–Crippen MR) is 183 cm³/mol. The first-order chi connectivity index (χ1) is 22.8. The van der Waals surface area contributed by atoms with Gasteiger partial charge in [-0.2, -0.15) is 0 Å². The number of ether oxygens (including phenoxy) is 2. The number of benzene rings is 2. The third-order valence-corrected chi connectivity index (χ3v) is 8.68. The lowest BCUT2D eigenvalue weighted by Gasteiger charge is -2.27. The molecule has 2 aromatic heterocycles. The average Bonchev–Trinajstić information content (AvgIpc) is 3.85. The van der Waals surface area contributed by atoms with E-state index in [0.717, 1.165) is 76.5 Å². The number of aromatic nitrogens is 4. The molecule has 48 heavy (non-hydrogen) atoms. The maximum Gasteiger partial charge on any atom is 0.410 e. The first kappa shape index (κ1) is 33.3. The van der Waals surface area contributed by atoms with E-state index in [1.165, 1.54) is 0 Å². The number of carbonyl (C=O) groups is 2. The minimum absolute atomic E-state index is 0.125. The second kappa shape index (κ2) is 13.1. The molecule has 2 aliphatic heterocycles. The van der Waals surface area contributed by atoms with Crippen molar-refractivity contribution in [2.45, 2.75) is 97.1 Å². The number of amides is 2. The summed E-state index contributed by atoms with van der Waals surface area (Å²) in [6, 6.07) is 13.8. The number of nitrogens with zero attached hydrogens (tertiary/aromatic N) is 4. The van der Waals surface area contributed by atoms with Crippen LogP contribution in [0, 0.1) is 0 Å². The summed E-state index contributed by atoms with van der Waals surface area (Å²) in [5.74, 6) is 1.48. The van der Waals surface area contributed by atoms with Crippen molar-refractivity contribution in [1.29, 1.82) is 0 Å². The van der Waals surface area contributed by atoms with E-state index in [9.17, 15) is 14.7 Å². The average molecular weight is 655 g/mol. The van der Waals surface area contributed by atoms with Crippen molar-refractivity contribution in [2.75, 3.05) is 13.1 Å². The molecule has 11 nitrogen and oxygen atoms in total. The number of nitrogens with one attached hydrogen (secondary N) is 2. The fourth-order valence-corrected chi connectivity index (χ4v) is 6.49. The van der Waals surface area contributed by atoms with E-state index < -0.39 is 11.2 Å². The van der Waals surface area contributed by atoms with Gasteiger partial charge in [-0.25, -0.2) is 19.6 Å². The Bertz CT molecular complexity index is 1760. The van der Waals surface area contributed by atoms with E-state index in [2.05, 4.69) is 19.9 Å². The maximum absolute atomic E-state index is 12.8. The zero-order valence-corrected chi connectivity index (χ0v) is 28.7. The van der Waals surface area contributed by atoms with Gasteiger partial charge in [0.15, 0.2) is 0 Å². The number of likely N-dealkylation sites (tertiary alicyclic amines) is 2. The van der Waals surface area contributed by atoms with Crippen LogP contribution in [0.5, 0.6) is 0 Å². The molecule has 254 valence electrons. The van der Waals surface area contributed by atoms with Crippen LogP contribution in [0.15, 0.2) is 54.9 Å². The number of aliphatic hydroxyl groups excluding tert-OH is 1. The Morgan fingerprint density at radius 2 is 1.21 bits per heavy atom. The summed E-state index contributed by atoms with van der Waals surface area (Å²) in [4.78, 5) is 45.2. The molecule has 2 amide bonds. The van der Waals surface area contributed by atoms with E-state index in [1.54, 1.807) is 22.2 Å². The molecule has 0 radical (unpaired) electrons. The molecule has 4 aromatic rings. The van der Waals surface area contributed by atoms with Crippen LogP contribution in [0.2, 0.25) is 0 Å². The van der Waals surface area contributed by atoms with Gasteiger partial charge in [0.2, 0.25) is 0 Å². The largest absolute Gasteiger partial charge is 0.444 e. The van der Waals surface area contributed by atoms with Gasteiger partial charge in [0.25, 0.3) is 0 Å². The molecule has 0 saturated carbocycles. The van der Waals surface area contributed by atoms with Crippen molar-refractivity contribution < 1.29 is 24.2 Å². The number of aliphatic hydroxyl groups is 1. The van der Waals surface area contributed by atoms with E-state index in [-0.39, 0.29) is 30.9 Å². The molecule has 0 unspecified atom stereocenters. The highest BCUT2D eigenvalue weighted by Crippen LogP contribution is 2.36. The topological polar surface area (TPSA) is 137 Å². The summed E-state index contributed by atoms with van der Waals surface area (Å²) in [6.45, 7) is 12.4. The minimum atomic E-state index is -0.563. The number of rotatable bonds is 6. The molecule has 0 spiro atoms. The van der Waals surface area contributed by atoms with Crippen molar-refractivity contribution in [2.24, 2.45) is 0 Å². The van der Waals surface area contributed by atoms with Crippen LogP contribution in [0.4, 0.5) is 9.59 Å². The van der Waals surface area contributed by atoms with E-state index in [1.807, 2.05) is 84.0 Å². The molecule has 0 bridgehead atoms. The van der Waals surface area contributed by atoms with Gasteiger partial charge in [-0.1, -0.05) is 36.4 Å². The van der Waals surface area contributed by atoms with Gasteiger partial charge in [0.1, 0.15) is 22.9 Å². The van der Waals surface area contributed by atoms with E-state index in [4.69, 9.17) is 9.47 Å². The highest BCUT2D eigenvalue weighted by molar-refractivity contribution is 5.75. The summed E-state index contributed by atoms with van der Waals surface area (Å²) in [5, 5.41) is 10.3. The van der Waals surface area contributed by atoms with Gasteiger partial charge in [-0.3, -0.25) is 9.80 Å². The highest BCUT2D eigenvalue weighted by Gasteiger charge is 2.36. The summed E-state index contributed by atoms with van der Waals surface area (Å²) in [6.07, 6.45) is 6.37. The lowest BCUT2D eigenvalue weighted by Crippen LogP contribution is -2.36. The van der Waals surface area contributed by atoms with Crippen LogP contribution in [0.1, 0.15) is 96.5 Å². The Morgan fingerprint density at radius 3 is 1.69 bits per heavy atom. The Labute approximate surface area is 281 Å². The quantitative estimate of drug-likeness (QED) is 0.193. The Kier molecular flexibility index (Phi) is 9.08. The van der Waals surface area contributed by atoms with Crippen LogP contribution < -0.4 is 0 Å². The second-order valence-corrected chi connectivity index (χ2v) is 14.6. The molecular weight excluding hydrogens is 608 g/mol. The van der Waals surface area contributed by atoms with Crippen molar-refractivity contribution >= 4 is 12.2 Å². The first-order valence-electron chi connectivity index (χ1n) is 16.7. The summed E-state index contributed by atoms with van der Waals surface area (Å²) < 4.78 is 11.2. The molecule has 2 aromatic carbocycles. The smallest absolute Gasteiger partial charge is 0.410 e. The summed E-state index contributed by atoms with van der Waals surface area (Å²) >= 11 is 0. The molecule has 6 rings (SSSR count). The molecule has 4 heterocycles. The molecule has 11 heteroatoms. The number of aromatic amines is 2. The predicted octanol–water partition coefficient (Wildman–Crippen LogP) is 7.77. The molecule has 2 fully saturated rings. The van der Waals surface area contributed by atoms with Crippen LogP contribution >= 0.6 is 0 Å². The zero-order valence-electron chi connectivity index (χ0n) is 28.7. The van der Waals surface area contributed by atoms with Crippen molar-refractivity contribution in [3.05, 3.63) is 72.1 Å². The number of hydrogen-bond acceptors (Lipinski definition) is 7. The maximum atomic E-state index is 12.8. The fraction of sp³-hybridized carbons (Fsp3) is 0.459. The lowest BCUT2D eigenvalue weighted by molar-refractivity contribution is 0.0208. The molecule has 0 aliphatic carbocycles. The van der Waals surface area contributed by atoms with E-state index in [0.29, 0.717) is 13.1 Å². The van der Waals surface area contributed by atoms with E-state index >= 15 is 0 Å². The van der Waals surface area contributed by atoms with Gasteiger partial charge < -0.3 is 24.5 Å². The fourth-order valence-electron chi connectivity index (χ4n) is 6.49. The van der Waals surface area contributed by atoms with Gasteiger partial charge in [-0.15, -0.1) is 0 Å². The Morgan fingerprint density at radius 1 is 0.750 bits per heavy atom. The van der Waals surface area contributed by atoms with Gasteiger partial charge >= 0.3 is 12.2 Å². The van der Waals surface area contributed by atoms with Gasteiger partial charge in [0.05, 0.1) is 42.5 Å². The molecular formula is C37H46N6O5. The molecule has 2 atom stereocenters. The third kappa shape index (κ3) is 7.26. The van der Waals surface area contributed by atoms with Crippen LogP contribution in [-0.2, 0) is 16.1 Å². The minimum Gasteiger partial charge on any atom is -0.444 e. The van der Waals surface area contributed by atoms with Crippen LogP contribution in [-0.4, -0.2) is 71.3 Å². The molecule has 2 aliphatic rings. The highest BCUT2D eigenvalue weighted by atomic mass is 16.6. The molecule has 3 N–H and O–H groups in total. The number of hydrogen-bond donors (Lipinski definition) is 3. The van der Waals surface area contributed by atoms with Crippen molar-refractivity contribution in [1.82, 2.24) is 29.7 Å². The Hall–Kier alpha value is -4.64. The normalized spacial score (nSPS) is 18.4. The summed E-state index contributed by atoms with van der Waals surface area (Å²) in [7, 11) is 0. The van der Waals surface area contributed by atoms with Gasteiger partial charge in [0, 0.05) is 13.1 Å². The zero-order chi connectivity index (χ0) is 34.2. The second-order valence-electron chi connectivity index (χ2n) is 14.6. The summed E-state index contributed by atoms with van der Waals surface area (Å²) in [5.41, 5.74) is 5.14. The first-order valence-corrected chi connectivity index (χ1v) is 16.7. The SMILES string of the molecule is CC(C)(C)OC(=O)N1CCC[C@H]1c1ncc(-c2ccc(-c3ccc(-c4cnc([C@@H]5CCCN5C(=O)OC(C)(C)C)[nH]4)cc3CO)cc2)[nH]1. The van der Waals surface area contributed by atoms with Gasteiger partial charge in [-0.05, 0) is 101 Å². The monoisotopic (exact) mass is 654 g/mol.